The first kappa shape index (κ1) is 18.1. The van der Waals surface area contributed by atoms with Crippen molar-refractivity contribution in [1.29, 1.82) is 0 Å². The molecule has 0 radical (unpaired) electrons. The van der Waals surface area contributed by atoms with Gasteiger partial charge in [0.1, 0.15) is 5.75 Å². The van der Waals surface area contributed by atoms with E-state index in [0.717, 1.165) is 11.5 Å². The molecule has 126 valence electrons. The van der Waals surface area contributed by atoms with Crippen LogP contribution in [0.5, 0.6) is 5.75 Å². The number of rotatable bonds is 4. The van der Waals surface area contributed by atoms with Crippen LogP contribution < -0.4 is 15.4 Å². The van der Waals surface area contributed by atoms with Crippen LogP contribution in [0, 0.1) is 16.6 Å². The maximum absolute atomic E-state index is 12.0. The molecule has 2 N–H and O–H groups in total. The average Bonchev–Trinajstić information content (AvgIpc) is 2.93. The van der Waals surface area contributed by atoms with E-state index in [1.807, 2.05) is 20.8 Å². The summed E-state index contributed by atoms with van der Waals surface area (Å²) in [6.45, 7) is 6.10. The van der Waals surface area contributed by atoms with Crippen molar-refractivity contribution in [1.82, 2.24) is 9.36 Å². The molecule has 0 saturated heterocycles. The van der Waals surface area contributed by atoms with E-state index in [1.54, 1.807) is 31.4 Å². The second-order valence-corrected chi connectivity index (χ2v) is 7.30. The van der Waals surface area contributed by atoms with E-state index < -0.39 is 6.03 Å². The largest absolute Gasteiger partial charge is 0.497 e. The maximum atomic E-state index is 12.0. The van der Waals surface area contributed by atoms with Crippen LogP contribution >= 0.6 is 23.3 Å². The van der Waals surface area contributed by atoms with E-state index in [0.29, 0.717) is 21.7 Å². The van der Waals surface area contributed by atoms with Crippen LogP contribution in [0.3, 0.4) is 0 Å². The number of aromatic nitrogens is 2. The summed E-state index contributed by atoms with van der Waals surface area (Å²) < 4.78 is 9.26. The Labute approximate surface area is 149 Å². The summed E-state index contributed by atoms with van der Waals surface area (Å²) in [4.78, 5) is 16.2. The maximum Gasteiger partial charge on any atom is 0.325 e. The molecule has 8 heteroatoms. The smallest absolute Gasteiger partial charge is 0.325 e. The molecule has 24 heavy (non-hydrogen) atoms. The third kappa shape index (κ3) is 6.10. The van der Waals surface area contributed by atoms with Gasteiger partial charge in [-0.3, -0.25) is 5.32 Å². The molecule has 2 amide bonds. The van der Waals surface area contributed by atoms with Gasteiger partial charge in [0.2, 0.25) is 10.3 Å². The molecule has 0 fully saturated rings. The van der Waals surface area contributed by atoms with Gasteiger partial charge in [0.05, 0.1) is 7.11 Å². The van der Waals surface area contributed by atoms with Crippen molar-refractivity contribution in [3.8, 4) is 16.9 Å². The number of methoxy groups -OCH3 is 1. The summed E-state index contributed by atoms with van der Waals surface area (Å²) in [5.41, 5.74) is 0.558. The number of hydrogen-bond acceptors (Lipinski definition) is 6. The summed E-state index contributed by atoms with van der Waals surface area (Å²) in [5, 5.41) is 9.26. The van der Waals surface area contributed by atoms with Gasteiger partial charge in [-0.15, -0.1) is 0 Å². The number of urea groups is 1. The molecule has 0 unspecified atom stereocenters. The van der Waals surface area contributed by atoms with Crippen LogP contribution in [0.25, 0.3) is 0 Å². The van der Waals surface area contributed by atoms with E-state index in [-0.39, 0.29) is 5.41 Å². The zero-order valence-corrected chi connectivity index (χ0v) is 15.5. The summed E-state index contributed by atoms with van der Waals surface area (Å²) in [6, 6.07) is 6.70. The summed E-state index contributed by atoms with van der Waals surface area (Å²) in [5.74, 6) is 3.76. The Hall–Kier alpha value is -2.24. The van der Waals surface area contributed by atoms with E-state index in [2.05, 4.69) is 31.2 Å². The van der Waals surface area contributed by atoms with Gasteiger partial charge in [0.25, 0.3) is 0 Å². The first-order valence-electron chi connectivity index (χ1n) is 7.10. The number of nitrogens with zero attached hydrogens (tertiary/aromatic N) is 2. The second-order valence-electron chi connectivity index (χ2n) is 5.77. The van der Waals surface area contributed by atoms with Crippen LogP contribution in [0.2, 0.25) is 0 Å². The van der Waals surface area contributed by atoms with E-state index in [4.69, 9.17) is 4.74 Å². The average molecular weight is 362 g/mol. The minimum atomic E-state index is -0.392. The number of thioether (sulfide) groups is 1. The number of carbonyl (C=O) groups excluding carboxylic acids is 1. The lowest BCUT2D eigenvalue weighted by Crippen LogP contribution is -2.19. The van der Waals surface area contributed by atoms with Gasteiger partial charge < -0.3 is 10.1 Å². The Morgan fingerprint density at radius 2 is 2.12 bits per heavy atom. The predicted molar refractivity (Wildman–Crippen MR) is 98.6 cm³/mol. The molecule has 2 rings (SSSR count). The van der Waals surface area contributed by atoms with Gasteiger partial charge in [-0.2, -0.15) is 9.36 Å². The van der Waals surface area contributed by atoms with Crippen LogP contribution in [-0.2, 0) is 0 Å². The highest BCUT2D eigenvalue weighted by Gasteiger charge is 2.09. The van der Waals surface area contributed by atoms with Crippen molar-refractivity contribution in [2.45, 2.75) is 25.9 Å². The third-order valence-corrected chi connectivity index (χ3v) is 3.84. The number of amides is 2. The van der Waals surface area contributed by atoms with E-state index in [9.17, 15) is 4.79 Å². The van der Waals surface area contributed by atoms with E-state index >= 15 is 0 Å². The molecule has 0 aliphatic carbocycles. The fourth-order valence-corrected chi connectivity index (χ4v) is 2.86. The molecular formula is C16H18N4O2S2. The van der Waals surface area contributed by atoms with Crippen LogP contribution in [0.1, 0.15) is 20.8 Å². The van der Waals surface area contributed by atoms with Gasteiger partial charge in [-0.25, -0.2) is 4.79 Å². The Balaban J connectivity index is 1.91. The van der Waals surface area contributed by atoms with Gasteiger partial charge in [-0.05, 0) is 38.2 Å². The molecule has 0 spiro atoms. The normalized spacial score (nSPS) is 10.5. The fraction of sp³-hybridized carbons (Fsp3) is 0.312. The standard InChI is InChI=1S/C16H18N4O2S2/c1-16(2,3)8-9-23-15-19-14(24-20-15)18-13(21)17-11-6-5-7-12(10-11)22-4/h5-7,10H,1-4H3,(H2,17,18,19,20,21). The second kappa shape index (κ2) is 8.04. The van der Waals surface area contributed by atoms with Crippen molar-refractivity contribution in [2.75, 3.05) is 17.7 Å². The van der Waals surface area contributed by atoms with Crippen LogP contribution in [-0.4, -0.2) is 22.5 Å². The molecule has 1 aromatic heterocycles. The van der Waals surface area contributed by atoms with Gasteiger partial charge in [0, 0.05) is 40.5 Å². The molecule has 2 aromatic rings. The lowest BCUT2D eigenvalue weighted by Gasteiger charge is -2.06. The van der Waals surface area contributed by atoms with Crippen molar-refractivity contribution < 1.29 is 9.53 Å². The molecular weight excluding hydrogens is 344 g/mol. The molecule has 0 aliphatic rings. The van der Waals surface area contributed by atoms with Crippen molar-refractivity contribution in [2.24, 2.45) is 5.41 Å². The lowest BCUT2D eigenvalue weighted by molar-refractivity contribution is 0.262. The fourth-order valence-electron chi connectivity index (χ4n) is 1.49. The molecule has 1 heterocycles. The minimum absolute atomic E-state index is 0.0687. The number of benzene rings is 1. The minimum Gasteiger partial charge on any atom is -0.497 e. The topological polar surface area (TPSA) is 76.1 Å². The highest BCUT2D eigenvalue weighted by atomic mass is 32.2. The number of hydrogen-bond donors (Lipinski definition) is 2. The zero-order valence-electron chi connectivity index (χ0n) is 13.8. The molecule has 0 saturated carbocycles. The Morgan fingerprint density at radius 1 is 1.33 bits per heavy atom. The monoisotopic (exact) mass is 362 g/mol. The van der Waals surface area contributed by atoms with Gasteiger partial charge in [-0.1, -0.05) is 12.0 Å². The van der Waals surface area contributed by atoms with Crippen molar-refractivity contribution in [3.05, 3.63) is 24.3 Å². The third-order valence-electron chi connectivity index (χ3n) is 2.52. The number of ether oxygens (including phenoxy) is 1. The first-order valence-corrected chi connectivity index (χ1v) is 8.69. The highest BCUT2D eigenvalue weighted by molar-refractivity contribution is 8.03. The molecule has 6 nitrogen and oxygen atoms in total. The lowest BCUT2D eigenvalue weighted by atomic mass is 9.99. The van der Waals surface area contributed by atoms with Crippen molar-refractivity contribution in [3.63, 3.8) is 0 Å². The van der Waals surface area contributed by atoms with Crippen LogP contribution in [0.4, 0.5) is 15.6 Å². The van der Waals surface area contributed by atoms with Gasteiger partial charge >= 0.3 is 6.03 Å². The highest BCUT2D eigenvalue weighted by Crippen LogP contribution is 2.21. The van der Waals surface area contributed by atoms with E-state index in [1.165, 1.54) is 11.8 Å². The molecule has 0 aliphatic heterocycles. The SMILES string of the molecule is COc1cccc(NC(=O)Nc2nc(SC#CC(C)(C)C)ns2)c1. The molecule has 1 aromatic carbocycles. The zero-order chi connectivity index (χ0) is 17.6. The summed E-state index contributed by atoms with van der Waals surface area (Å²) in [7, 11) is 1.57. The number of nitrogens with one attached hydrogen (secondary N) is 2. The molecule has 0 bridgehead atoms. The molecule has 0 atom stereocenters. The predicted octanol–water partition coefficient (Wildman–Crippen LogP) is 4.29. The van der Waals surface area contributed by atoms with Crippen LogP contribution in [0.15, 0.2) is 29.4 Å². The first-order chi connectivity index (χ1) is 11.4. The summed E-state index contributed by atoms with van der Waals surface area (Å²) in [6.07, 6.45) is 0. The number of carbonyl (C=O) groups is 1. The Bertz CT molecular complexity index is 772. The summed E-state index contributed by atoms with van der Waals surface area (Å²) >= 11 is 2.35. The Kier molecular flexibility index (Phi) is 6.06. The van der Waals surface area contributed by atoms with Gasteiger partial charge in [0.15, 0.2) is 0 Å². The van der Waals surface area contributed by atoms with Crippen molar-refractivity contribution >= 4 is 40.1 Å². The Morgan fingerprint density at radius 3 is 2.83 bits per heavy atom. The number of anilines is 2. The quantitative estimate of drug-likeness (QED) is 0.627.